The van der Waals surface area contributed by atoms with E-state index in [0.717, 1.165) is 12.8 Å². The third-order valence-electron chi connectivity index (χ3n) is 2.32. The fourth-order valence-corrected chi connectivity index (χ4v) is 1.52. The first kappa shape index (κ1) is 11.0. The molecule has 0 saturated heterocycles. The maximum absolute atomic E-state index is 11.5. The van der Waals surface area contributed by atoms with Crippen LogP contribution >= 0.6 is 0 Å². The zero-order valence-electron chi connectivity index (χ0n) is 8.71. The zero-order valence-corrected chi connectivity index (χ0v) is 8.71. The number of carbonyl (C=O) groups excluding carboxylic acids is 1. The first-order valence-electron chi connectivity index (χ1n) is 4.89. The molecule has 0 aromatic carbocycles. The lowest BCUT2D eigenvalue weighted by Gasteiger charge is -2.08. The van der Waals surface area contributed by atoms with Gasteiger partial charge in [0.05, 0.1) is 18.3 Å². The lowest BCUT2D eigenvalue weighted by Crippen LogP contribution is -2.18. The van der Waals surface area contributed by atoms with Crippen LogP contribution in [0.4, 0.5) is 0 Å². The van der Waals surface area contributed by atoms with Crippen LogP contribution in [0.1, 0.15) is 26.2 Å². The van der Waals surface area contributed by atoms with Gasteiger partial charge in [-0.1, -0.05) is 6.92 Å². The minimum Gasteiger partial charge on any atom is -0.462 e. The Balaban J connectivity index is 2.59. The number of nitrogens with two attached hydrogens (primary N) is 1. The van der Waals surface area contributed by atoms with E-state index >= 15 is 0 Å². The summed E-state index contributed by atoms with van der Waals surface area (Å²) in [6.45, 7) is 2.41. The lowest BCUT2D eigenvalue weighted by atomic mass is 10.2. The van der Waals surface area contributed by atoms with E-state index < -0.39 is 0 Å². The smallest absolute Gasteiger partial charge is 0.335 e. The van der Waals surface area contributed by atoms with Gasteiger partial charge in [-0.25, -0.2) is 4.79 Å². The predicted octanol–water partition coefficient (Wildman–Crippen LogP) is 0.961. The van der Waals surface area contributed by atoms with Crippen molar-refractivity contribution in [1.82, 2.24) is 0 Å². The number of hydrogen-bond donors (Lipinski definition) is 1. The highest BCUT2D eigenvalue weighted by molar-refractivity contribution is 5.90. The van der Waals surface area contributed by atoms with Gasteiger partial charge in [0.2, 0.25) is 0 Å². The fraction of sp³-hybridized carbons (Fsp3) is 0.700. The zero-order chi connectivity index (χ0) is 10.6. The van der Waals surface area contributed by atoms with Gasteiger partial charge in [-0.05, 0) is 19.3 Å². The molecule has 1 atom stereocenters. The van der Waals surface area contributed by atoms with Gasteiger partial charge in [0.25, 0.3) is 0 Å². The van der Waals surface area contributed by atoms with E-state index in [2.05, 4.69) is 0 Å². The van der Waals surface area contributed by atoms with Crippen LogP contribution in [0, 0.1) is 0 Å². The van der Waals surface area contributed by atoms with E-state index in [9.17, 15) is 4.79 Å². The number of hydrogen-bond acceptors (Lipinski definition) is 4. The highest BCUT2D eigenvalue weighted by Crippen LogP contribution is 2.25. The summed E-state index contributed by atoms with van der Waals surface area (Å²) in [6, 6.07) is 0. The minimum absolute atomic E-state index is 0.112. The van der Waals surface area contributed by atoms with Crippen LogP contribution in [0.25, 0.3) is 0 Å². The Morgan fingerprint density at radius 3 is 2.86 bits per heavy atom. The number of rotatable bonds is 4. The van der Waals surface area contributed by atoms with E-state index in [1.165, 1.54) is 0 Å². The van der Waals surface area contributed by atoms with Gasteiger partial charge in [-0.3, -0.25) is 0 Å². The van der Waals surface area contributed by atoms with Crippen molar-refractivity contribution >= 4 is 5.97 Å². The summed E-state index contributed by atoms with van der Waals surface area (Å²) >= 11 is 0. The molecule has 1 aliphatic carbocycles. The first-order valence-corrected chi connectivity index (χ1v) is 4.89. The standard InChI is InChI=1S/C10H17NO3/c1-3-6-14-10(12)7-4-5-8(13-2)9(7)11/h8H,3-6,11H2,1-2H3. The Morgan fingerprint density at radius 2 is 2.36 bits per heavy atom. The third kappa shape index (κ3) is 2.26. The summed E-state index contributed by atoms with van der Waals surface area (Å²) in [7, 11) is 1.60. The largest absolute Gasteiger partial charge is 0.462 e. The SMILES string of the molecule is CCCOC(=O)C1=C(N)C(OC)CC1. The molecule has 80 valence electrons. The molecule has 1 rings (SSSR count). The number of ether oxygens (including phenoxy) is 2. The Kier molecular flexibility index (Phi) is 3.95. The molecule has 0 aromatic heterocycles. The van der Waals surface area contributed by atoms with Gasteiger partial charge >= 0.3 is 5.97 Å². The van der Waals surface area contributed by atoms with Crippen molar-refractivity contribution in [2.24, 2.45) is 5.73 Å². The summed E-state index contributed by atoms with van der Waals surface area (Å²) in [5.41, 5.74) is 6.88. The van der Waals surface area contributed by atoms with Gasteiger partial charge in [-0.2, -0.15) is 0 Å². The Bertz CT molecular complexity index is 248. The summed E-state index contributed by atoms with van der Waals surface area (Å²) < 4.78 is 10.1. The van der Waals surface area contributed by atoms with Gasteiger partial charge < -0.3 is 15.2 Å². The Labute approximate surface area is 84.1 Å². The monoisotopic (exact) mass is 199 g/mol. The van der Waals surface area contributed by atoms with Crippen molar-refractivity contribution in [2.45, 2.75) is 32.3 Å². The first-order chi connectivity index (χ1) is 6.70. The molecule has 0 spiro atoms. The Hall–Kier alpha value is -1.03. The van der Waals surface area contributed by atoms with Crippen LogP contribution < -0.4 is 5.73 Å². The van der Waals surface area contributed by atoms with Crippen LogP contribution in [0.2, 0.25) is 0 Å². The topological polar surface area (TPSA) is 61.5 Å². The van der Waals surface area contributed by atoms with E-state index in [-0.39, 0.29) is 12.1 Å². The average molecular weight is 199 g/mol. The predicted molar refractivity (Wildman–Crippen MR) is 52.5 cm³/mol. The lowest BCUT2D eigenvalue weighted by molar-refractivity contribution is -0.139. The number of methoxy groups -OCH3 is 1. The molecular formula is C10H17NO3. The molecule has 0 fully saturated rings. The van der Waals surface area contributed by atoms with E-state index in [1.807, 2.05) is 6.92 Å². The second kappa shape index (κ2) is 5.00. The quantitative estimate of drug-likeness (QED) is 0.685. The van der Waals surface area contributed by atoms with Gasteiger partial charge in [0.1, 0.15) is 0 Å². The van der Waals surface area contributed by atoms with Gasteiger partial charge in [0, 0.05) is 12.8 Å². The van der Waals surface area contributed by atoms with Crippen LogP contribution in [0.15, 0.2) is 11.3 Å². The van der Waals surface area contributed by atoms with Crippen LogP contribution in [-0.2, 0) is 14.3 Å². The molecule has 2 N–H and O–H groups in total. The minimum atomic E-state index is -0.288. The molecule has 1 aliphatic rings. The summed E-state index contributed by atoms with van der Waals surface area (Å²) in [4.78, 5) is 11.5. The van der Waals surface area contributed by atoms with Crippen molar-refractivity contribution < 1.29 is 14.3 Å². The Morgan fingerprint density at radius 1 is 1.64 bits per heavy atom. The van der Waals surface area contributed by atoms with E-state index in [4.69, 9.17) is 15.2 Å². The molecule has 4 heteroatoms. The summed E-state index contributed by atoms with van der Waals surface area (Å²) in [5.74, 6) is -0.288. The molecule has 0 amide bonds. The molecule has 0 radical (unpaired) electrons. The van der Waals surface area contributed by atoms with Crippen molar-refractivity contribution in [3.8, 4) is 0 Å². The maximum atomic E-state index is 11.5. The number of esters is 1. The van der Waals surface area contributed by atoms with E-state index in [1.54, 1.807) is 7.11 Å². The normalized spacial score (nSPS) is 21.4. The van der Waals surface area contributed by atoms with Crippen molar-refractivity contribution in [3.05, 3.63) is 11.3 Å². The van der Waals surface area contributed by atoms with Gasteiger partial charge in [-0.15, -0.1) is 0 Å². The third-order valence-corrected chi connectivity index (χ3v) is 2.32. The molecular weight excluding hydrogens is 182 g/mol. The molecule has 0 bridgehead atoms. The molecule has 0 heterocycles. The maximum Gasteiger partial charge on any atom is 0.335 e. The summed E-state index contributed by atoms with van der Waals surface area (Å²) in [6.07, 6.45) is 2.15. The average Bonchev–Trinajstić information content (AvgIpc) is 2.56. The molecule has 1 unspecified atom stereocenters. The molecule has 14 heavy (non-hydrogen) atoms. The highest BCUT2D eigenvalue weighted by atomic mass is 16.5. The molecule has 0 saturated carbocycles. The van der Waals surface area contributed by atoms with Crippen molar-refractivity contribution in [1.29, 1.82) is 0 Å². The fourth-order valence-electron chi connectivity index (χ4n) is 1.52. The highest BCUT2D eigenvalue weighted by Gasteiger charge is 2.28. The molecule has 4 nitrogen and oxygen atoms in total. The number of carbonyl (C=O) groups is 1. The van der Waals surface area contributed by atoms with Crippen LogP contribution in [0.5, 0.6) is 0 Å². The molecule has 0 aliphatic heterocycles. The van der Waals surface area contributed by atoms with Gasteiger partial charge in [0.15, 0.2) is 0 Å². The van der Waals surface area contributed by atoms with E-state index in [0.29, 0.717) is 24.3 Å². The molecule has 0 aromatic rings. The second-order valence-corrected chi connectivity index (χ2v) is 3.33. The van der Waals surface area contributed by atoms with Crippen molar-refractivity contribution in [3.63, 3.8) is 0 Å². The van der Waals surface area contributed by atoms with Crippen molar-refractivity contribution in [2.75, 3.05) is 13.7 Å². The van der Waals surface area contributed by atoms with Crippen LogP contribution in [0.3, 0.4) is 0 Å². The summed E-state index contributed by atoms with van der Waals surface area (Å²) in [5, 5.41) is 0. The second-order valence-electron chi connectivity index (χ2n) is 3.33. The van der Waals surface area contributed by atoms with Crippen LogP contribution in [-0.4, -0.2) is 25.8 Å².